The molecule has 1 spiro atoms. The first-order chi connectivity index (χ1) is 10.2. The summed E-state index contributed by atoms with van der Waals surface area (Å²) in [4.78, 5) is 14.3. The molecule has 1 aromatic rings. The van der Waals surface area contributed by atoms with Crippen molar-refractivity contribution >= 4 is 18.3 Å². The van der Waals surface area contributed by atoms with Gasteiger partial charge in [0.1, 0.15) is 0 Å². The molecular weight excluding hydrogens is 300 g/mol. The van der Waals surface area contributed by atoms with Crippen LogP contribution in [-0.4, -0.2) is 46.8 Å². The lowest BCUT2D eigenvalue weighted by Gasteiger charge is -2.45. The summed E-state index contributed by atoms with van der Waals surface area (Å²) in [6.07, 6.45) is 10.3. The second-order valence-corrected chi connectivity index (χ2v) is 6.69. The number of amides is 1. The third-order valence-corrected chi connectivity index (χ3v) is 5.06. The normalized spacial score (nSPS) is 21.0. The molecule has 1 amide bonds. The highest BCUT2D eigenvalue weighted by Crippen LogP contribution is 2.38. The van der Waals surface area contributed by atoms with Gasteiger partial charge in [-0.3, -0.25) is 9.48 Å². The van der Waals surface area contributed by atoms with Crippen molar-refractivity contribution in [3.05, 3.63) is 18.0 Å². The highest BCUT2D eigenvalue weighted by atomic mass is 35.5. The van der Waals surface area contributed by atoms with Crippen molar-refractivity contribution in [2.45, 2.75) is 38.5 Å². The number of hydrogen-bond donors (Lipinski definition) is 1. The Labute approximate surface area is 138 Å². The minimum atomic E-state index is 0. The molecule has 2 aliphatic heterocycles. The first kappa shape index (κ1) is 17.3. The fraction of sp³-hybridized carbons (Fsp3) is 0.750. The average molecular weight is 327 g/mol. The summed E-state index contributed by atoms with van der Waals surface area (Å²) in [5.74, 6) is 0.352. The number of nitrogens with zero attached hydrogens (tertiary/aromatic N) is 3. The molecule has 0 aliphatic carbocycles. The zero-order valence-corrected chi connectivity index (χ0v) is 14.2. The van der Waals surface area contributed by atoms with Crippen LogP contribution in [-0.2, 0) is 18.3 Å². The van der Waals surface area contributed by atoms with E-state index in [1.165, 1.54) is 18.4 Å². The first-order valence-electron chi connectivity index (χ1n) is 8.13. The van der Waals surface area contributed by atoms with Crippen molar-refractivity contribution in [2.24, 2.45) is 12.5 Å². The molecule has 0 saturated carbocycles. The van der Waals surface area contributed by atoms with E-state index in [0.29, 0.717) is 11.3 Å². The molecule has 0 bridgehead atoms. The number of likely N-dealkylation sites (tertiary alicyclic amines) is 1. The second-order valence-electron chi connectivity index (χ2n) is 6.69. The van der Waals surface area contributed by atoms with Crippen LogP contribution in [0.1, 0.15) is 37.7 Å². The van der Waals surface area contributed by atoms with E-state index in [0.717, 1.165) is 51.9 Å². The van der Waals surface area contributed by atoms with Gasteiger partial charge in [-0.25, -0.2) is 0 Å². The highest BCUT2D eigenvalue weighted by molar-refractivity contribution is 5.85. The van der Waals surface area contributed by atoms with Crippen molar-refractivity contribution in [1.82, 2.24) is 20.0 Å². The predicted octanol–water partition coefficient (Wildman–Crippen LogP) is 1.77. The van der Waals surface area contributed by atoms with Gasteiger partial charge < -0.3 is 10.2 Å². The number of piperidine rings is 2. The lowest BCUT2D eigenvalue weighted by atomic mass is 9.72. The van der Waals surface area contributed by atoms with E-state index >= 15 is 0 Å². The van der Waals surface area contributed by atoms with Gasteiger partial charge in [0, 0.05) is 32.8 Å². The minimum absolute atomic E-state index is 0. The largest absolute Gasteiger partial charge is 0.342 e. The van der Waals surface area contributed by atoms with E-state index in [4.69, 9.17) is 0 Å². The fourth-order valence-electron chi connectivity index (χ4n) is 3.75. The van der Waals surface area contributed by atoms with Crippen LogP contribution >= 0.6 is 12.4 Å². The number of halogens is 1. The van der Waals surface area contributed by atoms with Gasteiger partial charge in [0.15, 0.2) is 0 Å². The maximum absolute atomic E-state index is 12.2. The molecule has 3 rings (SSSR count). The van der Waals surface area contributed by atoms with Crippen molar-refractivity contribution in [1.29, 1.82) is 0 Å². The molecule has 0 atom stereocenters. The lowest BCUT2D eigenvalue weighted by molar-refractivity contribution is -0.138. The maximum atomic E-state index is 12.2. The smallest absolute Gasteiger partial charge is 0.222 e. The van der Waals surface area contributed by atoms with Gasteiger partial charge in [-0.1, -0.05) is 0 Å². The van der Waals surface area contributed by atoms with E-state index < -0.39 is 0 Å². The Morgan fingerprint density at radius 1 is 1.32 bits per heavy atom. The second kappa shape index (κ2) is 7.47. The van der Waals surface area contributed by atoms with E-state index in [1.807, 2.05) is 17.9 Å². The molecule has 22 heavy (non-hydrogen) atoms. The van der Waals surface area contributed by atoms with Crippen LogP contribution in [0, 0.1) is 5.41 Å². The van der Waals surface area contributed by atoms with Gasteiger partial charge in [-0.2, -0.15) is 5.10 Å². The van der Waals surface area contributed by atoms with Gasteiger partial charge >= 0.3 is 0 Å². The van der Waals surface area contributed by atoms with Gasteiger partial charge in [0.05, 0.1) is 6.20 Å². The summed E-state index contributed by atoms with van der Waals surface area (Å²) in [6.45, 7) is 4.08. The van der Waals surface area contributed by atoms with E-state index in [1.54, 1.807) is 0 Å². The summed E-state index contributed by atoms with van der Waals surface area (Å²) in [5, 5.41) is 7.63. The maximum Gasteiger partial charge on any atom is 0.222 e. The standard InChI is InChI=1S/C16H26N4O.ClH/c1-19-12-14(11-18-19)3-2-10-20-13-16(5-4-15(20)21)6-8-17-9-7-16;/h11-12,17H,2-10,13H2,1H3;1H. The Bertz CT molecular complexity index is 496. The number of hydrogen-bond acceptors (Lipinski definition) is 3. The minimum Gasteiger partial charge on any atom is -0.342 e. The molecule has 0 radical (unpaired) electrons. The summed E-state index contributed by atoms with van der Waals surface area (Å²) in [6, 6.07) is 0. The average Bonchev–Trinajstić information content (AvgIpc) is 2.90. The van der Waals surface area contributed by atoms with Gasteiger partial charge in [0.25, 0.3) is 0 Å². The van der Waals surface area contributed by atoms with Crippen molar-refractivity contribution in [3.63, 3.8) is 0 Å². The first-order valence-corrected chi connectivity index (χ1v) is 8.13. The van der Waals surface area contributed by atoms with E-state index in [-0.39, 0.29) is 12.4 Å². The Morgan fingerprint density at radius 3 is 2.77 bits per heavy atom. The molecule has 5 nitrogen and oxygen atoms in total. The predicted molar refractivity (Wildman–Crippen MR) is 89.1 cm³/mol. The summed E-state index contributed by atoms with van der Waals surface area (Å²) in [5.41, 5.74) is 1.66. The molecule has 124 valence electrons. The molecule has 1 aromatic heterocycles. The van der Waals surface area contributed by atoms with E-state index in [9.17, 15) is 4.79 Å². The fourth-order valence-corrected chi connectivity index (χ4v) is 3.75. The molecule has 2 aliphatic rings. The number of aryl methyl sites for hydroxylation is 2. The van der Waals surface area contributed by atoms with E-state index in [2.05, 4.69) is 21.5 Å². The van der Waals surface area contributed by atoms with Gasteiger partial charge in [-0.15, -0.1) is 12.4 Å². The number of aromatic nitrogens is 2. The van der Waals surface area contributed by atoms with Gasteiger partial charge in [0.2, 0.25) is 5.91 Å². The molecule has 0 aromatic carbocycles. The monoisotopic (exact) mass is 326 g/mol. The third kappa shape index (κ3) is 4.02. The molecule has 1 N–H and O–H groups in total. The van der Waals surface area contributed by atoms with Crippen LogP contribution in [0.5, 0.6) is 0 Å². The van der Waals surface area contributed by atoms with Gasteiger partial charge in [-0.05, 0) is 56.2 Å². The molecule has 2 fully saturated rings. The number of nitrogens with one attached hydrogen (secondary N) is 1. The summed E-state index contributed by atoms with van der Waals surface area (Å²) >= 11 is 0. The van der Waals surface area contributed by atoms with Crippen LogP contribution in [0.4, 0.5) is 0 Å². The van der Waals surface area contributed by atoms with Crippen molar-refractivity contribution in [2.75, 3.05) is 26.2 Å². The molecule has 3 heterocycles. The Hall–Kier alpha value is -1.07. The Morgan fingerprint density at radius 2 is 2.09 bits per heavy atom. The SMILES string of the molecule is Cl.Cn1cc(CCCN2CC3(CCNCC3)CCC2=O)cn1. The summed E-state index contributed by atoms with van der Waals surface area (Å²) in [7, 11) is 1.94. The zero-order valence-electron chi connectivity index (χ0n) is 13.4. The van der Waals surface area contributed by atoms with Crippen molar-refractivity contribution < 1.29 is 4.79 Å². The number of carbonyl (C=O) groups excluding carboxylic acids is 1. The number of carbonyl (C=O) groups is 1. The highest BCUT2D eigenvalue weighted by Gasteiger charge is 2.38. The van der Waals surface area contributed by atoms with Crippen LogP contribution in [0.15, 0.2) is 12.4 Å². The van der Waals surface area contributed by atoms with Crippen LogP contribution in [0.3, 0.4) is 0 Å². The third-order valence-electron chi connectivity index (χ3n) is 5.06. The van der Waals surface area contributed by atoms with Crippen LogP contribution in [0.25, 0.3) is 0 Å². The van der Waals surface area contributed by atoms with Crippen LogP contribution in [0.2, 0.25) is 0 Å². The van der Waals surface area contributed by atoms with Crippen LogP contribution < -0.4 is 5.32 Å². The molecule has 6 heteroatoms. The van der Waals surface area contributed by atoms with Crippen molar-refractivity contribution in [3.8, 4) is 0 Å². The molecular formula is C16H27ClN4O. The summed E-state index contributed by atoms with van der Waals surface area (Å²) < 4.78 is 1.84. The molecule has 0 unspecified atom stereocenters. The Balaban J connectivity index is 0.00000176. The lowest BCUT2D eigenvalue weighted by Crippen LogP contribution is -2.50. The quantitative estimate of drug-likeness (QED) is 0.917. The number of rotatable bonds is 4. The molecule has 2 saturated heterocycles. The zero-order chi connectivity index (χ0) is 14.7. The Kier molecular flexibility index (Phi) is 5.87. The topological polar surface area (TPSA) is 50.2 Å².